The monoisotopic (exact) mass is 363 g/mol. The molecule has 142 valence electrons. The minimum absolute atomic E-state index is 0.629. The van der Waals surface area contributed by atoms with Crippen molar-refractivity contribution in [3.8, 4) is 0 Å². The van der Waals surface area contributed by atoms with Crippen molar-refractivity contribution in [2.75, 3.05) is 7.05 Å². The van der Waals surface area contributed by atoms with Gasteiger partial charge in [0, 0.05) is 37.7 Å². The summed E-state index contributed by atoms with van der Waals surface area (Å²) in [5.74, 6) is 1.10. The van der Waals surface area contributed by atoms with Gasteiger partial charge in [-0.2, -0.15) is 0 Å². The molecule has 0 amide bonds. The van der Waals surface area contributed by atoms with E-state index in [0.717, 1.165) is 25.5 Å². The summed E-state index contributed by atoms with van der Waals surface area (Å²) < 4.78 is 4.65. The fourth-order valence-corrected chi connectivity index (χ4v) is 4.13. The molecule has 0 unspecified atom stereocenters. The second-order valence-corrected chi connectivity index (χ2v) is 7.71. The zero-order valence-corrected chi connectivity index (χ0v) is 16.2. The van der Waals surface area contributed by atoms with Crippen molar-refractivity contribution in [3.63, 3.8) is 0 Å². The number of imidazole rings is 2. The van der Waals surface area contributed by atoms with Crippen LogP contribution in [-0.2, 0) is 19.6 Å². The molecule has 0 bridgehead atoms. The third-order valence-electron chi connectivity index (χ3n) is 5.56. The van der Waals surface area contributed by atoms with Gasteiger partial charge in [-0.25, -0.2) is 9.97 Å². The van der Waals surface area contributed by atoms with Crippen LogP contribution in [0, 0.1) is 0 Å². The van der Waals surface area contributed by atoms with Gasteiger partial charge in [-0.15, -0.1) is 0 Å². The minimum atomic E-state index is 0.629. The van der Waals surface area contributed by atoms with Crippen LogP contribution < -0.4 is 0 Å². The highest BCUT2D eigenvalue weighted by Gasteiger charge is 2.18. The van der Waals surface area contributed by atoms with Gasteiger partial charge in [0.25, 0.3) is 0 Å². The zero-order chi connectivity index (χ0) is 18.5. The van der Waals surface area contributed by atoms with Gasteiger partial charge < -0.3 is 9.13 Å². The first-order chi connectivity index (χ1) is 13.3. The fraction of sp³-hybridized carbons (Fsp3) is 0.455. The molecular weight excluding hydrogens is 334 g/mol. The summed E-state index contributed by atoms with van der Waals surface area (Å²) in [6.07, 6.45) is 14.7. The standard InChI is InChI=1S/C22H29N5/c1-25(16-21-14-23-18-27(21)20-10-6-3-7-11-20)17-22-24-12-13-26(22)15-19-8-4-2-5-9-19/h2,4-5,8-9,12-14,18,20H,3,6-7,10-11,15-17H2,1H3. The maximum Gasteiger partial charge on any atom is 0.123 e. The quantitative estimate of drug-likeness (QED) is 0.629. The van der Waals surface area contributed by atoms with E-state index in [1.807, 2.05) is 18.7 Å². The molecule has 1 aliphatic carbocycles. The van der Waals surface area contributed by atoms with E-state index in [1.54, 1.807) is 0 Å². The third-order valence-corrected chi connectivity index (χ3v) is 5.56. The second-order valence-electron chi connectivity index (χ2n) is 7.71. The molecule has 5 nitrogen and oxygen atoms in total. The summed E-state index contributed by atoms with van der Waals surface area (Å²) in [6, 6.07) is 11.2. The number of rotatable bonds is 7. The summed E-state index contributed by atoms with van der Waals surface area (Å²) in [7, 11) is 2.17. The Kier molecular flexibility index (Phi) is 5.68. The summed E-state index contributed by atoms with van der Waals surface area (Å²) in [5.41, 5.74) is 2.61. The summed E-state index contributed by atoms with van der Waals surface area (Å²) in [4.78, 5) is 11.4. The van der Waals surface area contributed by atoms with Gasteiger partial charge in [-0.3, -0.25) is 4.90 Å². The smallest absolute Gasteiger partial charge is 0.123 e. The van der Waals surface area contributed by atoms with Crippen molar-refractivity contribution in [2.24, 2.45) is 0 Å². The molecule has 0 saturated heterocycles. The Morgan fingerprint density at radius 3 is 2.70 bits per heavy atom. The Balaban J connectivity index is 1.40. The summed E-state index contributed by atoms with van der Waals surface area (Å²) >= 11 is 0. The molecule has 0 atom stereocenters. The van der Waals surface area contributed by atoms with Crippen molar-refractivity contribution >= 4 is 0 Å². The van der Waals surface area contributed by atoms with E-state index in [4.69, 9.17) is 0 Å². The number of aromatic nitrogens is 4. The molecule has 3 aromatic rings. The normalized spacial score (nSPS) is 15.5. The van der Waals surface area contributed by atoms with Gasteiger partial charge >= 0.3 is 0 Å². The highest BCUT2D eigenvalue weighted by Crippen LogP contribution is 2.29. The maximum atomic E-state index is 4.59. The van der Waals surface area contributed by atoms with Crippen LogP contribution in [0.4, 0.5) is 0 Å². The van der Waals surface area contributed by atoms with Gasteiger partial charge in [0.2, 0.25) is 0 Å². The maximum absolute atomic E-state index is 4.59. The first-order valence-corrected chi connectivity index (χ1v) is 10.0. The van der Waals surface area contributed by atoms with Crippen LogP contribution >= 0.6 is 0 Å². The Labute approximate surface area is 161 Å². The molecule has 0 aliphatic heterocycles. The van der Waals surface area contributed by atoms with Crippen LogP contribution in [0.3, 0.4) is 0 Å². The summed E-state index contributed by atoms with van der Waals surface area (Å²) in [6.45, 7) is 2.59. The van der Waals surface area contributed by atoms with Gasteiger partial charge in [0.1, 0.15) is 5.82 Å². The van der Waals surface area contributed by atoms with Gasteiger partial charge in [-0.05, 0) is 25.5 Å². The van der Waals surface area contributed by atoms with E-state index in [9.17, 15) is 0 Å². The molecule has 2 heterocycles. The lowest BCUT2D eigenvalue weighted by molar-refractivity contribution is 0.282. The molecule has 1 aromatic carbocycles. The largest absolute Gasteiger partial charge is 0.330 e. The van der Waals surface area contributed by atoms with E-state index in [-0.39, 0.29) is 0 Å². The number of benzene rings is 1. The highest BCUT2D eigenvalue weighted by atomic mass is 15.2. The van der Waals surface area contributed by atoms with Gasteiger partial charge in [0.15, 0.2) is 0 Å². The van der Waals surface area contributed by atoms with Crippen LogP contribution in [0.25, 0.3) is 0 Å². The summed E-state index contributed by atoms with van der Waals surface area (Å²) in [5, 5.41) is 0. The van der Waals surface area contributed by atoms with Crippen LogP contribution in [0.15, 0.2) is 55.2 Å². The van der Waals surface area contributed by atoms with Crippen molar-refractivity contribution in [1.82, 2.24) is 24.0 Å². The SMILES string of the molecule is CN(Cc1nccn1Cc1ccccc1)Cc1cncn1C1CCCCC1. The predicted octanol–water partition coefficient (Wildman–Crippen LogP) is 4.27. The van der Waals surface area contributed by atoms with Crippen LogP contribution in [0.1, 0.15) is 55.2 Å². The van der Waals surface area contributed by atoms with E-state index < -0.39 is 0 Å². The molecule has 0 radical (unpaired) electrons. The van der Waals surface area contributed by atoms with E-state index in [1.165, 1.54) is 43.4 Å². The average molecular weight is 364 g/mol. The van der Waals surface area contributed by atoms with Gasteiger partial charge in [0.05, 0.1) is 18.6 Å². The lowest BCUT2D eigenvalue weighted by atomic mass is 9.95. The number of hydrogen-bond acceptors (Lipinski definition) is 3. The Morgan fingerprint density at radius 1 is 1.07 bits per heavy atom. The Morgan fingerprint density at radius 2 is 1.89 bits per heavy atom. The first kappa shape index (κ1) is 18.0. The van der Waals surface area contributed by atoms with Crippen LogP contribution in [-0.4, -0.2) is 31.0 Å². The zero-order valence-electron chi connectivity index (χ0n) is 16.2. The first-order valence-electron chi connectivity index (χ1n) is 10.0. The Bertz CT molecular complexity index is 829. The van der Waals surface area contributed by atoms with Crippen LogP contribution in [0.5, 0.6) is 0 Å². The van der Waals surface area contributed by atoms with Crippen molar-refractivity contribution < 1.29 is 0 Å². The van der Waals surface area contributed by atoms with E-state index in [2.05, 4.69) is 67.6 Å². The lowest BCUT2D eigenvalue weighted by Crippen LogP contribution is -2.23. The highest BCUT2D eigenvalue weighted by molar-refractivity contribution is 5.15. The lowest BCUT2D eigenvalue weighted by Gasteiger charge is -2.26. The molecule has 2 aromatic heterocycles. The van der Waals surface area contributed by atoms with Crippen molar-refractivity contribution in [3.05, 3.63) is 72.3 Å². The molecule has 27 heavy (non-hydrogen) atoms. The fourth-order valence-electron chi connectivity index (χ4n) is 4.13. The van der Waals surface area contributed by atoms with E-state index in [0.29, 0.717) is 6.04 Å². The average Bonchev–Trinajstić information content (AvgIpc) is 3.33. The van der Waals surface area contributed by atoms with E-state index >= 15 is 0 Å². The topological polar surface area (TPSA) is 38.9 Å². The molecule has 5 heteroatoms. The predicted molar refractivity (Wildman–Crippen MR) is 107 cm³/mol. The Hall–Kier alpha value is -2.40. The van der Waals surface area contributed by atoms with Crippen LogP contribution in [0.2, 0.25) is 0 Å². The molecule has 0 N–H and O–H groups in total. The van der Waals surface area contributed by atoms with Crippen molar-refractivity contribution in [2.45, 2.75) is 57.8 Å². The molecular formula is C22H29N5. The van der Waals surface area contributed by atoms with Gasteiger partial charge in [-0.1, -0.05) is 49.6 Å². The minimum Gasteiger partial charge on any atom is -0.330 e. The van der Waals surface area contributed by atoms with Crippen molar-refractivity contribution in [1.29, 1.82) is 0 Å². The molecule has 0 spiro atoms. The number of hydrogen-bond donors (Lipinski definition) is 0. The second kappa shape index (κ2) is 8.53. The number of nitrogens with zero attached hydrogens (tertiary/aromatic N) is 5. The molecule has 1 saturated carbocycles. The molecule has 1 fully saturated rings. The third kappa shape index (κ3) is 4.48. The molecule has 1 aliphatic rings. The molecule has 4 rings (SSSR count).